The summed E-state index contributed by atoms with van der Waals surface area (Å²) in [5.41, 5.74) is 7.96. The predicted molar refractivity (Wildman–Crippen MR) is 95.4 cm³/mol. The van der Waals surface area contributed by atoms with Crippen LogP contribution in [-0.2, 0) is 0 Å². The molecule has 0 aliphatic carbocycles. The third kappa shape index (κ3) is 2.76. The molecule has 0 spiro atoms. The molecule has 1 aliphatic heterocycles. The second kappa shape index (κ2) is 5.92. The van der Waals surface area contributed by atoms with Gasteiger partial charge in [-0.1, -0.05) is 11.6 Å². The van der Waals surface area contributed by atoms with E-state index in [4.69, 9.17) is 17.3 Å². The van der Waals surface area contributed by atoms with E-state index in [2.05, 4.69) is 30.2 Å². The number of anilines is 2. The third-order valence-corrected chi connectivity index (χ3v) is 4.69. The number of aromatic nitrogens is 4. The van der Waals surface area contributed by atoms with Gasteiger partial charge in [0.1, 0.15) is 17.8 Å². The van der Waals surface area contributed by atoms with Crippen LogP contribution in [0.15, 0.2) is 37.1 Å². The Hall–Kier alpha value is -2.38. The summed E-state index contributed by atoms with van der Waals surface area (Å²) < 4.78 is 0. The van der Waals surface area contributed by atoms with Crippen LogP contribution in [0.2, 0.25) is 5.02 Å². The van der Waals surface area contributed by atoms with Crippen LogP contribution in [0.4, 0.5) is 11.5 Å². The molecule has 0 saturated carbocycles. The van der Waals surface area contributed by atoms with Crippen molar-refractivity contribution in [3.63, 3.8) is 0 Å². The number of aromatic amines is 1. The fraction of sp³-hybridized carbons (Fsp3) is 0.312. The molecule has 7 nitrogen and oxygen atoms in total. The second-order valence-corrected chi connectivity index (χ2v) is 6.59. The van der Waals surface area contributed by atoms with Crippen LogP contribution >= 0.6 is 11.6 Å². The van der Waals surface area contributed by atoms with Gasteiger partial charge in [-0.15, -0.1) is 0 Å². The first kappa shape index (κ1) is 15.2. The summed E-state index contributed by atoms with van der Waals surface area (Å²) in [6.07, 6.45) is 7.70. The van der Waals surface area contributed by atoms with E-state index >= 15 is 0 Å². The number of hydrogen-bond acceptors (Lipinski definition) is 6. The minimum Gasteiger partial charge on any atom is -0.382 e. The summed E-state index contributed by atoms with van der Waals surface area (Å²) in [4.78, 5) is 18.0. The Bertz CT molecular complexity index is 850. The average Bonchev–Trinajstić information content (AvgIpc) is 3.18. The molecule has 4 heterocycles. The summed E-state index contributed by atoms with van der Waals surface area (Å²) in [5, 5.41) is 4.84. The fourth-order valence-electron chi connectivity index (χ4n) is 3.12. The number of nitrogens with one attached hydrogen (secondary N) is 2. The average molecular weight is 344 g/mol. The summed E-state index contributed by atoms with van der Waals surface area (Å²) in [5.74, 6) is 0.833. The number of fused-ring (bicyclic) bond motifs is 1. The van der Waals surface area contributed by atoms with Crippen molar-refractivity contribution in [1.29, 1.82) is 0 Å². The lowest BCUT2D eigenvalue weighted by Crippen LogP contribution is -2.48. The zero-order valence-electron chi connectivity index (χ0n) is 13.0. The van der Waals surface area contributed by atoms with Gasteiger partial charge < -0.3 is 20.9 Å². The van der Waals surface area contributed by atoms with Crippen LogP contribution in [0.5, 0.6) is 0 Å². The molecule has 4 rings (SSSR count). The van der Waals surface area contributed by atoms with Crippen LogP contribution in [0.3, 0.4) is 0 Å². The summed E-state index contributed by atoms with van der Waals surface area (Å²) >= 11 is 6.28. The molecule has 1 atom stereocenters. The van der Waals surface area contributed by atoms with Gasteiger partial charge in [0.2, 0.25) is 0 Å². The van der Waals surface area contributed by atoms with Crippen molar-refractivity contribution in [3.05, 3.63) is 42.1 Å². The topological polar surface area (TPSA) is 95.8 Å². The Labute approximate surface area is 144 Å². The number of pyridine rings is 1. The highest BCUT2D eigenvalue weighted by atomic mass is 35.5. The van der Waals surface area contributed by atoms with E-state index in [0.29, 0.717) is 18.1 Å². The maximum Gasteiger partial charge on any atom is 0.144 e. The van der Waals surface area contributed by atoms with Gasteiger partial charge >= 0.3 is 0 Å². The van der Waals surface area contributed by atoms with Crippen LogP contribution in [0.1, 0.15) is 6.42 Å². The minimum atomic E-state index is -0.337. The Morgan fingerprint density at radius 1 is 1.42 bits per heavy atom. The molecule has 0 aromatic carbocycles. The minimum absolute atomic E-state index is 0.337. The number of H-pyrrole nitrogens is 1. The quantitative estimate of drug-likeness (QED) is 0.670. The highest BCUT2D eigenvalue weighted by Crippen LogP contribution is 2.33. The Morgan fingerprint density at radius 3 is 3.17 bits per heavy atom. The largest absolute Gasteiger partial charge is 0.382 e. The van der Waals surface area contributed by atoms with Crippen LogP contribution < -0.4 is 16.0 Å². The number of halogens is 1. The zero-order chi connectivity index (χ0) is 16.6. The predicted octanol–water partition coefficient (Wildman–Crippen LogP) is 2.03. The van der Waals surface area contributed by atoms with Crippen LogP contribution in [0, 0.1) is 0 Å². The van der Waals surface area contributed by atoms with E-state index in [9.17, 15) is 0 Å². The van der Waals surface area contributed by atoms with Crippen LogP contribution in [-0.4, -0.2) is 45.1 Å². The highest BCUT2D eigenvalue weighted by molar-refractivity contribution is 6.36. The molecular formula is C16H18ClN7. The lowest BCUT2D eigenvalue weighted by molar-refractivity contribution is 0.499. The molecule has 8 heteroatoms. The van der Waals surface area contributed by atoms with Crippen LogP contribution in [0.25, 0.3) is 11.0 Å². The van der Waals surface area contributed by atoms with Crippen molar-refractivity contribution in [3.8, 4) is 0 Å². The van der Waals surface area contributed by atoms with Crippen molar-refractivity contribution >= 4 is 34.1 Å². The van der Waals surface area contributed by atoms with E-state index in [0.717, 1.165) is 35.5 Å². The first-order chi connectivity index (χ1) is 11.6. The SMILES string of the molecule is N[C@]1(CNc2cccnc2)CCN(c2ncnc3[nH]cc(Cl)c23)C1. The highest BCUT2D eigenvalue weighted by Gasteiger charge is 2.36. The molecule has 0 bridgehead atoms. The Kier molecular flexibility index (Phi) is 3.74. The molecule has 4 N–H and O–H groups in total. The van der Waals surface area contributed by atoms with Gasteiger partial charge in [-0.2, -0.15) is 0 Å². The molecule has 1 fully saturated rings. The lowest BCUT2D eigenvalue weighted by Gasteiger charge is -2.26. The Balaban J connectivity index is 1.52. The van der Waals surface area contributed by atoms with Gasteiger partial charge in [-0.25, -0.2) is 9.97 Å². The second-order valence-electron chi connectivity index (χ2n) is 6.19. The molecule has 0 unspecified atom stereocenters. The maximum absolute atomic E-state index is 6.58. The normalized spacial score (nSPS) is 20.7. The summed E-state index contributed by atoms with van der Waals surface area (Å²) in [6, 6.07) is 3.88. The summed E-state index contributed by atoms with van der Waals surface area (Å²) in [6.45, 7) is 2.21. The molecule has 124 valence electrons. The molecule has 1 saturated heterocycles. The van der Waals surface area contributed by atoms with Crippen molar-refractivity contribution in [1.82, 2.24) is 19.9 Å². The first-order valence-electron chi connectivity index (χ1n) is 7.80. The molecule has 0 radical (unpaired) electrons. The van der Waals surface area contributed by atoms with Gasteiger partial charge in [0.25, 0.3) is 0 Å². The van der Waals surface area contributed by atoms with E-state index in [-0.39, 0.29) is 5.54 Å². The number of hydrogen-bond donors (Lipinski definition) is 3. The van der Waals surface area contributed by atoms with Gasteiger partial charge in [0.15, 0.2) is 0 Å². The molecule has 24 heavy (non-hydrogen) atoms. The number of rotatable bonds is 4. The zero-order valence-corrected chi connectivity index (χ0v) is 13.8. The first-order valence-corrected chi connectivity index (χ1v) is 8.18. The third-order valence-electron chi connectivity index (χ3n) is 4.39. The van der Waals surface area contributed by atoms with Crippen molar-refractivity contribution in [2.75, 3.05) is 29.9 Å². The molecule has 0 amide bonds. The maximum atomic E-state index is 6.58. The number of nitrogens with two attached hydrogens (primary N) is 1. The lowest BCUT2D eigenvalue weighted by atomic mass is 10.0. The van der Waals surface area contributed by atoms with Gasteiger partial charge in [-0.3, -0.25) is 4.98 Å². The van der Waals surface area contributed by atoms with E-state index in [1.54, 1.807) is 24.9 Å². The van der Waals surface area contributed by atoms with E-state index in [1.165, 1.54) is 0 Å². The summed E-state index contributed by atoms with van der Waals surface area (Å²) in [7, 11) is 0. The van der Waals surface area contributed by atoms with Gasteiger partial charge in [0, 0.05) is 38.2 Å². The van der Waals surface area contributed by atoms with E-state index in [1.807, 2.05) is 12.1 Å². The van der Waals surface area contributed by atoms with E-state index < -0.39 is 0 Å². The molecular weight excluding hydrogens is 326 g/mol. The van der Waals surface area contributed by atoms with Crippen molar-refractivity contribution in [2.45, 2.75) is 12.0 Å². The standard InChI is InChI=1S/C16H18ClN7/c17-12-7-20-14-13(12)15(23-10-22-14)24-5-3-16(18,9-24)8-21-11-2-1-4-19-6-11/h1-2,4,6-7,10,21H,3,5,8-9,18H2,(H,20,22,23)/t16-/m0/s1. The van der Waals surface area contributed by atoms with Gasteiger partial charge in [-0.05, 0) is 18.6 Å². The van der Waals surface area contributed by atoms with Crippen molar-refractivity contribution in [2.24, 2.45) is 5.73 Å². The monoisotopic (exact) mass is 343 g/mol. The van der Waals surface area contributed by atoms with Crippen molar-refractivity contribution < 1.29 is 0 Å². The molecule has 3 aromatic rings. The fourth-order valence-corrected chi connectivity index (χ4v) is 3.34. The molecule has 3 aromatic heterocycles. The van der Waals surface area contributed by atoms with Gasteiger partial charge in [0.05, 0.1) is 21.6 Å². The Morgan fingerprint density at radius 2 is 2.33 bits per heavy atom. The molecule has 1 aliphatic rings. The number of nitrogens with zero attached hydrogens (tertiary/aromatic N) is 4. The smallest absolute Gasteiger partial charge is 0.144 e.